The summed E-state index contributed by atoms with van der Waals surface area (Å²) in [6.45, 7) is 3.90. The first-order chi connectivity index (χ1) is 9.83. The maximum absolute atomic E-state index is 5.38. The van der Waals surface area contributed by atoms with Crippen LogP contribution in [0.5, 0.6) is 0 Å². The normalized spacial score (nSPS) is 17.7. The number of nitrogens with zero attached hydrogens (tertiary/aromatic N) is 2. The highest BCUT2D eigenvalue weighted by molar-refractivity contribution is 4.93. The second-order valence-electron chi connectivity index (χ2n) is 5.66. The summed E-state index contributed by atoms with van der Waals surface area (Å²) in [6, 6.07) is 0.480. The van der Waals surface area contributed by atoms with Crippen LogP contribution in [0.2, 0.25) is 0 Å². The van der Waals surface area contributed by atoms with Gasteiger partial charge < -0.3 is 14.6 Å². The smallest absolute Gasteiger partial charge is 0.228 e. The highest BCUT2D eigenvalue weighted by Crippen LogP contribution is 2.29. The molecule has 1 atom stereocenters. The Hall–Kier alpha value is -0.940. The topological polar surface area (TPSA) is 60.2 Å². The van der Waals surface area contributed by atoms with Gasteiger partial charge in [-0.25, -0.2) is 0 Å². The van der Waals surface area contributed by atoms with Crippen LogP contribution < -0.4 is 5.32 Å². The maximum atomic E-state index is 5.38. The number of hydrogen-bond donors (Lipinski definition) is 1. The Bertz CT molecular complexity index is 375. The fourth-order valence-corrected chi connectivity index (χ4v) is 2.95. The summed E-state index contributed by atoms with van der Waals surface area (Å²) in [5.74, 6) is 2.27. The minimum absolute atomic E-state index is 0.480. The Labute approximate surface area is 121 Å². The van der Waals surface area contributed by atoms with Gasteiger partial charge in [0.1, 0.15) is 0 Å². The van der Waals surface area contributed by atoms with Crippen LogP contribution in [0.25, 0.3) is 0 Å². The van der Waals surface area contributed by atoms with Gasteiger partial charge >= 0.3 is 0 Å². The molecule has 5 nitrogen and oxygen atoms in total. The molecule has 0 amide bonds. The summed E-state index contributed by atoms with van der Waals surface area (Å²) in [5, 5.41) is 7.68. The van der Waals surface area contributed by atoms with E-state index in [4.69, 9.17) is 9.26 Å². The zero-order chi connectivity index (χ0) is 14.2. The van der Waals surface area contributed by atoms with E-state index >= 15 is 0 Å². The van der Waals surface area contributed by atoms with Crippen LogP contribution in [0.3, 0.4) is 0 Å². The van der Waals surface area contributed by atoms with Gasteiger partial charge in [0.25, 0.3) is 0 Å². The fraction of sp³-hybridized carbons (Fsp3) is 0.867. The van der Waals surface area contributed by atoms with Gasteiger partial charge in [-0.1, -0.05) is 24.9 Å². The second kappa shape index (κ2) is 8.37. The van der Waals surface area contributed by atoms with Crippen LogP contribution in [0.1, 0.15) is 50.7 Å². The number of methoxy groups -OCH3 is 1. The molecule has 0 radical (unpaired) electrons. The number of nitrogens with one attached hydrogen (secondary N) is 1. The summed E-state index contributed by atoms with van der Waals surface area (Å²) in [6.07, 6.45) is 8.10. The van der Waals surface area contributed by atoms with Gasteiger partial charge in [-0.2, -0.15) is 4.98 Å². The van der Waals surface area contributed by atoms with Gasteiger partial charge in [0.2, 0.25) is 5.89 Å². The molecule has 0 bridgehead atoms. The summed E-state index contributed by atoms with van der Waals surface area (Å²) >= 11 is 0. The molecule has 1 heterocycles. The minimum atomic E-state index is 0.480. The van der Waals surface area contributed by atoms with Gasteiger partial charge in [-0.05, 0) is 31.7 Å². The lowest BCUT2D eigenvalue weighted by Crippen LogP contribution is -2.37. The highest BCUT2D eigenvalue weighted by atomic mass is 16.5. The van der Waals surface area contributed by atoms with Gasteiger partial charge in [0, 0.05) is 26.0 Å². The van der Waals surface area contributed by atoms with E-state index in [-0.39, 0.29) is 0 Å². The minimum Gasteiger partial charge on any atom is -0.384 e. The standard InChI is InChI=1S/C15H27N3O2/c1-3-9-16-13(12-6-4-5-7-12)11-15-17-14(18-20-15)8-10-19-2/h12-13,16H,3-11H2,1-2H3. The number of hydrogen-bond acceptors (Lipinski definition) is 5. The van der Waals surface area contributed by atoms with Crippen molar-refractivity contribution in [2.24, 2.45) is 5.92 Å². The van der Waals surface area contributed by atoms with Crippen LogP contribution in [-0.2, 0) is 17.6 Å². The van der Waals surface area contributed by atoms with Crippen LogP contribution in [0.15, 0.2) is 4.52 Å². The van der Waals surface area contributed by atoms with Crippen molar-refractivity contribution in [3.63, 3.8) is 0 Å². The fourth-order valence-electron chi connectivity index (χ4n) is 2.95. The van der Waals surface area contributed by atoms with E-state index in [1.165, 1.54) is 25.7 Å². The predicted molar refractivity (Wildman–Crippen MR) is 77.6 cm³/mol. The summed E-state index contributed by atoms with van der Waals surface area (Å²) in [7, 11) is 1.69. The predicted octanol–water partition coefficient (Wildman–Crippen LogP) is 2.36. The van der Waals surface area contributed by atoms with Gasteiger partial charge in [0.05, 0.1) is 6.61 Å². The zero-order valence-electron chi connectivity index (χ0n) is 12.7. The average molecular weight is 281 g/mol. The molecule has 0 aliphatic heterocycles. The van der Waals surface area contributed by atoms with Crippen LogP contribution in [-0.4, -0.2) is 36.4 Å². The monoisotopic (exact) mass is 281 g/mol. The molecule has 2 rings (SSSR count). The quantitative estimate of drug-likeness (QED) is 0.753. The van der Waals surface area contributed by atoms with Crippen LogP contribution in [0, 0.1) is 5.92 Å². The number of aromatic nitrogens is 2. The number of ether oxygens (including phenoxy) is 1. The van der Waals surface area contributed by atoms with Crippen molar-refractivity contribution in [3.05, 3.63) is 11.7 Å². The largest absolute Gasteiger partial charge is 0.384 e. The lowest BCUT2D eigenvalue weighted by atomic mass is 9.95. The molecule has 5 heteroatoms. The first-order valence-corrected chi connectivity index (χ1v) is 7.87. The molecule has 0 spiro atoms. The Morgan fingerprint density at radius 3 is 2.90 bits per heavy atom. The molecular weight excluding hydrogens is 254 g/mol. The lowest BCUT2D eigenvalue weighted by molar-refractivity contribution is 0.199. The third-order valence-corrected chi connectivity index (χ3v) is 4.06. The Kier molecular flexibility index (Phi) is 6.47. The molecule has 114 valence electrons. The summed E-state index contributed by atoms with van der Waals surface area (Å²) in [5.41, 5.74) is 0. The summed E-state index contributed by atoms with van der Waals surface area (Å²) < 4.78 is 10.4. The van der Waals surface area contributed by atoms with Crippen LogP contribution >= 0.6 is 0 Å². The Balaban J connectivity index is 1.90. The van der Waals surface area contributed by atoms with E-state index < -0.39 is 0 Å². The summed E-state index contributed by atoms with van der Waals surface area (Å²) in [4.78, 5) is 4.47. The number of rotatable bonds is 9. The van der Waals surface area contributed by atoms with Crippen molar-refractivity contribution < 1.29 is 9.26 Å². The van der Waals surface area contributed by atoms with E-state index in [0.717, 1.165) is 43.4 Å². The van der Waals surface area contributed by atoms with Crippen LogP contribution in [0.4, 0.5) is 0 Å². The van der Waals surface area contributed by atoms with Crippen molar-refractivity contribution in [3.8, 4) is 0 Å². The third-order valence-electron chi connectivity index (χ3n) is 4.06. The molecule has 1 aromatic heterocycles. The second-order valence-corrected chi connectivity index (χ2v) is 5.66. The van der Waals surface area contributed by atoms with E-state index in [9.17, 15) is 0 Å². The molecule has 1 fully saturated rings. The van der Waals surface area contributed by atoms with Crippen molar-refractivity contribution in [1.29, 1.82) is 0 Å². The zero-order valence-corrected chi connectivity index (χ0v) is 12.7. The molecule has 1 saturated carbocycles. The first-order valence-electron chi connectivity index (χ1n) is 7.87. The van der Waals surface area contributed by atoms with Gasteiger partial charge in [-0.3, -0.25) is 0 Å². The third kappa shape index (κ3) is 4.56. The molecule has 1 unspecified atom stereocenters. The highest BCUT2D eigenvalue weighted by Gasteiger charge is 2.26. The van der Waals surface area contributed by atoms with Crippen molar-refractivity contribution >= 4 is 0 Å². The lowest BCUT2D eigenvalue weighted by Gasteiger charge is -2.23. The first kappa shape index (κ1) is 15.4. The van der Waals surface area contributed by atoms with Crippen molar-refractivity contribution in [2.45, 2.75) is 57.9 Å². The molecule has 1 aliphatic carbocycles. The van der Waals surface area contributed by atoms with Gasteiger partial charge in [-0.15, -0.1) is 0 Å². The molecule has 1 aromatic rings. The molecule has 20 heavy (non-hydrogen) atoms. The molecule has 1 N–H and O–H groups in total. The average Bonchev–Trinajstić information content (AvgIpc) is 3.12. The molecule has 0 aromatic carbocycles. The van der Waals surface area contributed by atoms with E-state index in [1.54, 1.807) is 7.11 Å². The SMILES string of the molecule is CCCNC(Cc1nc(CCOC)no1)C1CCCC1. The molecule has 1 aliphatic rings. The van der Waals surface area contributed by atoms with E-state index in [0.29, 0.717) is 12.6 Å². The van der Waals surface area contributed by atoms with Crippen molar-refractivity contribution in [2.75, 3.05) is 20.3 Å². The van der Waals surface area contributed by atoms with Crippen molar-refractivity contribution in [1.82, 2.24) is 15.5 Å². The maximum Gasteiger partial charge on any atom is 0.228 e. The van der Waals surface area contributed by atoms with E-state index in [2.05, 4.69) is 22.4 Å². The van der Waals surface area contributed by atoms with Gasteiger partial charge in [0.15, 0.2) is 5.82 Å². The Morgan fingerprint density at radius 1 is 1.40 bits per heavy atom. The molecule has 0 saturated heterocycles. The van der Waals surface area contributed by atoms with E-state index in [1.807, 2.05) is 0 Å². The Morgan fingerprint density at radius 2 is 2.20 bits per heavy atom. The molecular formula is C15H27N3O2.